The van der Waals surface area contributed by atoms with Gasteiger partial charge in [0.25, 0.3) is 0 Å². The zero-order chi connectivity index (χ0) is 10.4. The van der Waals surface area contributed by atoms with Crippen LogP contribution in [0.3, 0.4) is 0 Å². The van der Waals surface area contributed by atoms with Crippen LogP contribution in [-0.4, -0.2) is 18.3 Å². The van der Waals surface area contributed by atoms with Crippen molar-refractivity contribution in [2.75, 3.05) is 13.2 Å². The molecule has 1 N–H and O–H groups in total. The highest BCUT2D eigenvalue weighted by Gasteiger charge is 2.02. The van der Waals surface area contributed by atoms with E-state index in [1.54, 1.807) is 12.1 Å². The molecule has 0 aromatic heterocycles. The molecule has 0 heterocycles. The lowest BCUT2D eigenvalue weighted by Crippen LogP contribution is -2.00. The number of aliphatic hydroxyl groups excluding tert-OH is 1. The quantitative estimate of drug-likeness (QED) is 0.735. The SMILES string of the molecule is Cc1ccc(F)c(OCCCCO)c1. The van der Waals surface area contributed by atoms with Crippen molar-refractivity contribution in [2.45, 2.75) is 19.8 Å². The number of benzene rings is 1. The Hall–Kier alpha value is -1.09. The Morgan fingerprint density at radius 3 is 2.86 bits per heavy atom. The Balaban J connectivity index is 2.45. The molecule has 0 spiro atoms. The van der Waals surface area contributed by atoms with Crippen molar-refractivity contribution in [3.63, 3.8) is 0 Å². The molecule has 1 rings (SSSR count). The molecule has 78 valence electrons. The van der Waals surface area contributed by atoms with Gasteiger partial charge in [-0.3, -0.25) is 0 Å². The van der Waals surface area contributed by atoms with Gasteiger partial charge >= 0.3 is 0 Å². The molecule has 3 heteroatoms. The summed E-state index contributed by atoms with van der Waals surface area (Å²) < 4.78 is 18.3. The molecule has 0 fully saturated rings. The molecule has 0 aliphatic carbocycles. The van der Waals surface area contributed by atoms with Gasteiger partial charge in [0.2, 0.25) is 0 Å². The third kappa shape index (κ3) is 3.34. The van der Waals surface area contributed by atoms with Crippen LogP contribution in [0.1, 0.15) is 18.4 Å². The minimum absolute atomic E-state index is 0.152. The summed E-state index contributed by atoms with van der Waals surface area (Å²) in [4.78, 5) is 0. The smallest absolute Gasteiger partial charge is 0.165 e. The number of rotatable bonds is 5. The van der Waals surface area contributed by atoms with Crippen LogP contribution in [0.25, 0.3) is 0 Å². The van der Waals surface area contributed by atoms with Crippen molar-refractivity contribution in [2.24, 2.45) is 0 Å². The van der Waals surface area contributed by atoms with Gasteiger partial charge in [-0.05, 0) is 37.5 Å². The molecule has 0 aliphatic heterocycles. The molecule has 0 aliphatic rings. The number of halogens is 1. The van der Waals surface area contributed by atoms with Crippen molar-refractivity contribution < 1.29 is 14.2 Å². The Kier molecular flexibility index (Phi) is 4.40. The zero-order valence-corrected chi connectivity index (χ0v) is 8.29. The van der Waals surface area contributed by atoms with Gasteiger partial charge in [0.15, 0.2) is 11.6 Å². The molecule has 2 nitrogen and oxygen atoms in total. The molecule has 0 saturated carbocycles. The van der Waals surface area contributed by atoms with E-state index >= 15 is 0 Å². The molecule has 1 aromatic carbocycles. The summed E-state index contributed by atoms with van der Waals surface area (Å²) in [6, 6.07) is 4.78. The van der Waals surface area contributed by atoms with Crippen LogP contribution in [0.2, 0.25) is 0 Å². The standard InChI is InChI=1S/C11H15FO2/c1-9-4-5-10(12)11(8-9)14-7-3-2-6-13/h4-5,8,13H,2-3,6-7H2,1H3. The fourth-order valence-electron chi connectivity index (χ4n) is 1.12. The van der Waals surface area contributed by atoms with E-state index in [2.05, 4.69) is 0 Å². The van der Waals surface area contributed by atoms with Gasteiger partial charge < -0.3 is 9.84 Å². The first-order chi connectivity index (χ1) is 6.74. The molecule has 0 atom stereocenters. The van der Waals surface area contributed by atoms with Crippen LogP contribution in [0.15, 0.2) is 18.2 Å². The lowest BCUT2D eigenvalue weighted by molar-refractivity contribution is 0.248. The van der Waals surface area contributed by atoms with E-state index in [-0.39, 0.29) is 12.4 Å². The lowest BCUT2D eigenvalue weighted by Gasteiger charge is -2.07. The monoisotopic (exact) mass is 198 g/mol. The predicted molar refractivity (Wildman–Crippen MR) is 53.0 cm³/mol. The highest BCUT2D eigenvalue weighted by Crippen LogP contribution is 2.18. The van der Waals surface area contributed by atoms with Crippen molar-refractivity contribution in [1.82, 2.24) is 0 Å². The lowest BCUT2D eigenvalue weighted by atomic mass is 10.2. The number of aliphatic hydroxyl groups is 1. The van der Waals surface area contributed by atoms with Crippen LogP contribution >= 0.6 is 0 Å². The molecule has 0 bridgehead atoms. The summed E-state index contributed by atoms with van der Waals surface area (Å²) in [5, 5.41) is 8.53. The van der Waals surface area contributed by atoms with Crippen LogP contribution in [0.4, 0.5) is 4.39 Å². The van der Waals surface area contributed by atoms with Gasteiger partial charge in [0.1, 0.15) is 0 Å². The first-order valence-electron chi connectivity index (χ1n) is 4.74. The maximum atomic E-state index is 13.1. The zero-order valence-electron chi connectivity index (χ0n) is 8.29. The van der Waals surface area contributed by atoms with Gasteiger partial charge in [-0.15, -0.1) is 0 Å². The summed E-state index contributed by atoms with van der Waals surface area (Å²) in [5.74, 6) is -0.0393. The van der Waals surface area contributed by atoms with Crippen LogP contribution in [0, 0.1) is 12.7 Å². The van der Waals surface area contributed by atoms with Gasteiger partial charge in [0, 0.05) is 6.61 Å². The van der Waals surface area contributed by atoms with E-state index in [4.69, 9.17) is 9.84 Å². The van der Waals surface area contributed by atoms with E-state index in [0.29, 0.717) is 18.8 Å². The summed E-state index contributed by atoms with van der Waals surface area (Å²) in [6.45, 7) is 2.49. The third-order valence-electron chi connectivity index (χ3n) is 1.90. The number of hydrogen-bond donors (Lipinski definition) is 1. The number of ether oxygens (including phenoxy) is 1. The van der Waals surface area contributed by atoms with Gasteiger partial charge in [-0.1, -0.05) is 6.07 Å². The molecule has 0 radical (unpaired) electrons. The Labute approximate surface area is 83.3 Å². The molecule has 14 heavy (non-hydrogen) atoms. The molecular weight excluding hydrogens is 183 g/mol. The molecule has 1 aromatic rings. The molecule has 0 saturated heterocycles. The summed E-state index contributed by atoms with van der Waals surface area (Å²) >= 11 is 0. The summed E-state index contributed by atoms with van der Waals surface area (Å²) in [7, 11) is 0. The Morgan fingerprint density at radius 2 is 2.14 bits per heavy atom. The van der Waals surface area contributed by atoms with Gasteiger partial charge in [-0.25, -0.2) is 4.39 Å². The fraction of sp³-hybridized carbons (Fsp3) is 0.455. The first kappa shape index (κ1) is 11.0. The average molecular weight is 198 g/mol. The summed E-state index contributed by atoms with van der Waals surface area (Å²) in [6.07, 6.45) is 1.43. The van der Waals surface area contributed by atoms with Crippen LogP contribution < -0.4 is 4.74 Å². The number of hydrogen-bond acceptors (Lipinski definition) is 2. The maximum absolute atomic E-state index is 13.1. The molecular formula is C11H15FO2. The van der Waals surface area contributed by atoms with Crippen molar-refractivity contribution in [3.8, 4) is 5.75 Å². The predicted octanol–water partition coefficient (Wildman–Crippen LogP) is 2.29. The van der Waals surface area contributed by atoms with Crippen molar-refractivity contribution >= 4 is 0 Å². The first-order valence-corrected chi connectivity index (χ1v) is 4.74. The van der Waals surface area contributed by atoms with Crippen LogP contribution in [0.5, 0.6) is 5.75 Å². The highest BCUT2D eigenvalue weighted by molar-refractivity contribution is 5.29. The van der Waals surface area contributed by atoms with Crippen LogP contribution in [-0.2, 0) is 0 Å². The normalized spacial score (nSPS) is 10.2. The number of aryl methyl sites for hydroxylation is 1. The second kappa shape index (κ2) is 5.60. The van der Waals surface area contributed by atoms with E-state index < -0.39 is 0 Å². The Bertz CT molecular complexity index is 287. The topological polar surface area (TPSA) is 29.5 Å². The van der Waals surface area contributed by atoms with Gasteiger partial charge in [-0.2, -0.15) is 0 Å². The maximum Gasteiger partial charge on any atom is 0.165 e. The highest BCUT2D eigenvalue weighted by atomic mass is 19.1. The van der Waals surface area contributed by atoms with Crippen molar-refractivity contribution in [3.05, 3.63) is 29.6 Å². The number of unbranched alkanes of at least 4 members (excludes halogenated alkanes) is 1. The second-order valence-electron chi connectivity index (χ2n) is 3.21. The molecule has 0 amide bonds. The molecule has 0 unspecified atom stereocenters. The Morgan fingerprint density at radius 1 is 1.36 bits per heavy atom. The largest absolute Gasteiger partial charge is 0.491 e. The average Bonchev–Trinajstić information content (AvgIpc) is 2.18. The van der Waals surface area contributed by atoms with E-state index in [9.17, 15) is 4.39 Å². The van der Waals surface area contributed by atoms with Gasteiger partial charge in [0.05, 0.1) is 6.61 Å². The minimum Gasteiger partial charge on any atom is -0.491 e. The summed E-state index contributed by atoms with van der Waals surface area (Å²) in [5.41, 5.74) is 0.976. The van der Waals surface area contributed by atoms with E-state index in [0.717, 1.165) is 12.0 Å². The fourth-order valence-corrected chi connectivity index (χ4v) is 1.12. The third-order valence-corrected chi connectivity index (χ3v) is 1.90. The van der Waals surface area contributed by atoms with E-state index in [1.165, 1.54) is 6.07 Å². The van der Waals surface area contributed by atoms with Crippen molar-refractivity contribution in [1.29, 1.82) is 0 Å². The minimum atomic E-state index is -0.334. The van der Waals surface area contributed by atoms with E-state index in [1.807, 2.05) is 6.92 Å². The second-order valence-corrected chi connectivity index (χ2v) is 3.21.